The van der Waals surface area contributed by atoms with E-state index in [9.17, 15) is 13.2 Å². The molecule has 1 heterocycles. The largest absolute Gasteiger partial charge is 0.383 e. The van der Waals surface area contributed by atoms with E-state index < -0.39 is 15.9 Å². The first-order valence-corrected chi connectivity index (χ1v) is 11.3. The molecular weight excluding hydrogens is 460 g/mol. The van der Waals surface area contributed by atoms with Crippen LogP contribution in [0.4, 0.5) is 5.82 Å². The zero-order valence-electron chi connectivity index (χ0n) is 17.3. The van der Waals surface area contributed by atoms with E-state index in [1.165, 1.54) is 19.2 Å². The number of aromatic nitrogens is 2. The molecule has 0 unspecified atom stereocenters. The molecule has 0 saturated heterocycles. The summed E-state index contributed by atoms with van der Waals surface area (Å²) in [6.45, 7) is 5.97. The number of hydrogen-bond donors (Lipinski definition) is 1. The Hall–Kier alpha value is -1.75. The molecule has 2 aromatic rings. The van der Waals surface area contributed by atoms with Crippen LogP contribution < -0.4 is 5.32 Å². The van der Waals surface area contributed by atoms with Gasteiger partial charge in [-0.05, 0) is 24.3 Å². The van der Waals surface area contributed by atoms with Crippen molar-refractivity contribution in [1.82, 2.24) is 14.1 Å². The Kier molecular flexibility index (Phi) is 7.61. The molecule has 0 radical (unpaired) electrons. The molecule has 1 aromatic carbocycles. The van der Waals surface area contributed by atoms with Gasteiger partial charge in [-0.2, -0.15) is 9.40 Å². The lowest BCUT2D eigenvalue weighted by Gasteiger charge is -2.21. The van der Waals surface area contributed by atoms with Crippen LogP contribution in [0.15, 0.2) is 39.7 Å². The number of sulfonamides is 1. The topological polar surface area (TPSA) is 93.5 Å². The van der Waals surface area contributed by atoms with Crippen LogP contribution >= 0.6 is 15.9 Å². The monoisotopic (exact) mass is 486 g/mol. The fraction of sp³-hybridized carbons (Fsp3) is 0.474. The minimum Gasteiger partial charge on any atom is -0.383 e. The van der Waals surface area contributed by atoms with Gasteiger partial charge in [0.25, 0.3) is 0 Å². The first-order chi connectivity index (χ1) is 13.4. The van der Waals surface area contributed by atoms with Crippen molar-refractivity contribution >= 4 is 37.7 Å². The van der Waals surface area contributed by atoms with Gasteiger partial charge in [0.05, 0.1) is 23.7 Å². The molecular formula is C19H27BrN4O4S. The Morgan fingerprint density at radius 1 is 1.28 bits per heavy atom. The van der Waals surface area contributed by atoms with Crippen LogP contribution in [0.2, 0.25) is 0 Å². The average Bonchev–Trinajstić information content (AvgIpc) is 2.99. The van der Waals surface area contributed by atoms with Crippen molar-refractivity contribution in [2.45, 2.75) is 31.1 Å². The summed E-state index contributed by atoms with van der Waals surface area (Å²) in [5.74, 6) is 0.0536. The Balaban J connectivity index is 2.20. The standard InChI is InChI=1S/C19H27BrN4O4S/c1-19(2,3)16-12-17(23(4)22-16)21-18(25)13-24(10-11-28-5)29(26,27)15-8-6-14(20)7-9-15/h6-9,12H,10-11,13H2,1-5H3,(H,21,25). The number of amides is 1. The molecule has 10 heteroatoms. The third kappa shape index (κ3) is 6.11. The molecule has 0 aliphatic heterocycles. The number of hydrogen-bond acceptors (Lipinski definition) is 5. The summed E-state index contributed by atoms with van der Waals surface area (Å²) in [5, 5.41) is 7.16. The zero-order chi connectivity index (χ0) is 21.8. The second kappa shape index (κ2) is 9.38. The van der Waals surface area contributed by atoms with Crippen molar-refractivity contribution in [3.05, 3.63) is 40.5 Å². The number of benzene rings is 1. The summed E-state index contributed by atoms with van der Waals surface area (Å²) >= 11 is 3.29. The van der Waals surface area contributed by atoms with Crippen molar-refractivity contribution in [1.29, 1.82) is 0 Å². The van der Waals surface area contributed by atoms with Crippen LogP contribution in [0.25, 0.3) is 0 Å². The number of halogens is 1. The predicted molar refractivity (Wildman–Crippen MR) is 115 cm³/mol. The molecule has 1 amide bonds. The molecule has 0 bridgehead atoms. The lowest BCUT2D eigenvalue weighted by atomic mass is 9.92. The van der Waals surface area contributed by atoms with E-state index in [4.69, 9.17) is 4.74 Å². The van der Waals surface area contributed by atoms with E-state index >= 15 is 0 Å². The summed E-state index contributed by atoms with van der Waals surface area (Å²) in [4.78, 5) is 12.7. The average molecular weight is 487 g/mol. The molecule has 0 fully saturated rings. The molecule has 160 valence electrons. The molecule has 0 atom stereocenters. The maximum atomic E-state index is 13.0. The number of carbonyl (C=O) groups is 1. The van der Waals surface area contributed by atoms with Gasteiger partial charge < -0.3 is 10.1 Å². The highest BCUT2D eigenvalue weighted by Crippen LogP contribution is 2.23. The summed E-state index contributed by atoms with van der Waals surface area (Å²) in [6.07, 6.45) is 0. The van der Waals surface area contributed by atoms with Gasteiger partial charge in [0.2, 0.25) is 15.9 Å². The number of aryl methyl sites for hydroxylation is 1. The van der Waals surface area contributed by atoms with Gasteiger partial charge in [-0.25, -0.2) is 8.42 Å². The number of anilines is 1. The predicted octanol–water partition coefficient (Wildman–Crippen LogP) is 2.76. The van der Waals surface area contributed by atoms with Crippen LogP contribution in [-0.2, 0) is 32.0 Å². The molecule has 29 heavy (non-hydrogen) atoms. The number of nitrogens with one attached hydrogen (secondary N) is 1. The first-order valence-electron chi connectivity index (χ1n) is 9.04. The molecule has 0 aliphatic carbocycles. The third-order valence-corrected chi connectivity index (χ3v) is 6.62. The maximum Gasteiger partial charge on any atom is 0.243 e. The quantitative estimate of drug-likeness (QED) is 0.618. The van der Waals surface area contributed by atoms with Gasteiger partial charge in [0, 0.05) is 36.7 Å². The Labute approximate surface area is 180 Å². The van der Waals surface area contributed by atoms with Crippen LogP contribution in [-0.4, -0.2) is 55.2 Å². The molecule has 2 rings (SSSR count). The van der Waals surface area contributed by atoms with Crippen molar-refractivity contribution in [2.75, 3.05) is 32.1 Å². The summed E-state index contributed by atoms with van der Waals surface area (Å²) in [5.41, 5.74) is 0.657. The highest BCUT2D eigenvalue weighted by Gasteiger charge is 2.27. The smallest absolute Gasteiger partial charge is 0.243 e. The van der Waals surface area contributed by atoms with Gasteiger partial charge in [-0.3, -0.25) is 9.48 Å². The molecule has 0 spiro atoms. The third-order valence-electron chi connectivity index (χ3n) is 4.23. The summed E-state index contributed by atoms with van der Waals surface area (Å²) in [6, 6.07) is 8.07. The zero-order valence-corrected chi connectivity index (χ0v) is 19.7. The van der Waals surface area contributed by atoms with Crippen LogP contribution in [0.5, 0.6) is 0 Å². The maximum absolute atomic E-state index is 13.0. The first kappa shape index (κ1) is 23.5. The van der Waals surface area contributed by atoms with Gasteiger partial charge in [-0.15, -0.1) is 0 Å². The number of ether oxygens (including phenoxy) is 1. The van der Waals surface area contributed by atoms with E-state index in [-0.39, 0.29) is 30.0 Å². The second-order valence-corrected chi connectivity index (χ2v) is 10.5. The minimum atomic E-state index is -3.86. The fourth-order valence-corrected chi connectivity index (χ4v) is 4.17. The molecule has 0 saturated carbocycles. The van der Waals surface area contributed by atoms with Crippen molar-refractivity contribution in [2.24, 2.45) is 7.05 Å². The second-order valence-electron chi connectivity index (χ2n) is 7.62. The van der Waals surface area contributed by atoms with E-state index in [0.717, 1.165) is 14.5 Å². The molecule has 1 aromatic heterocycles. The van der Waals surface area contributed by atoms with Gasteiger partial charge in [-0.1, -0.05) is 36.7 Å². The minimum absolute atomic E-state index is 0.0565. The Morgan fingerprint density at radius 2 is 1.90 bits per heavy atom. The van der Waals surface area contributed by atoms with Crippen molar-refractivity contribution < 1.29 is 17.9 Å². The summed E-state index contributed by atoms with van der Waals surface area (Å²) in [7, 11) is -0.648. The van der Waals surface area contributed by atoms with Crippen molar-refractivity contribution in [3.8, 4) is 0 Å². The van der Waals surface area contributed by atoms with Crippen LogP contribution in [0.1, 0.15) is 26.5 Å². The van der Waals surface area contributed by atoms with E-state index in [1.54, 1.807) is 29.9 Å². The highest BCUT2D eigenvalue weighted by atomic mass is 79.9. The van der Waals surface area contributed by atoms with Crippen molar-refractivity contribution in [3.63, 3.8) is 0 Å². The molecule has 0 aliphatic rings. The van der Waals surface area contributed by atoms with Crippen LogP contribution in [0, 0.1) is 0 Å². The van der Waals surface area contributed by atoms with E-state index in [1.807, 2.05) is 20.8 Å². The molecule has 1 N–H and O–H groups in total. The highest BCUT2D eigenvalue weighted by molar-refractivity contribution is 9.10. The van der Waals surface area contributed by atoms with Gasteiger partial charge in [0.15, 0.2) is 0 Å². The Morgan fingerprint density at radius 3 is 2.41 bits per heavy atom. The fourth-order valence-electron chi connectivity index (χ4n) is 2.53. The summed E-state index contributed by atoms with van der Waals surface area (Å²) < 4.78 is 34.5. The number of methoxy groups -OCH3 is 1. The molecule has 8 nitrogen and oxygen atoms in total. The van der Waals surface area contributed by atoms with Gasteiger partial charge >= 0.3 is 0 Å². The van der Waals surface area contributed by atoms with E-state index in [0.29, 0.717) is 5.82 Å². The lowest BCUT2D eigenvalue weighted by Crippen LogP contribution is -2.40. The SMILES string of the molecule is COCCN(CC(=O)Nc1cc(C(C)(C)C)nn1C)S(=O)(=O)c1ccc(Br)cc1. The van der Waals surface area contributed by atoms with Gasteiger partial charge in [0.1, 0.15) is 5.82 Å². The number of nitrogens with zero attached hydrogens (tertiary/aromatic N) is 3. The Bertz CT molecular complexity index is 950. The number of rotatable bonds is 8. The normalized spacial score (nSPS) is 12.4. The van der Waals surface area contributed by atoms with Crippen LogP contribution in [0.3, 0.4) is 0 Å². The number of carbonyl (C=O) groups excluding carboxylic acids is 1. The lowest BCUT2D eigenvalue weighted by molar-refractivity contribution is -0.116. The van der Waals surface area contributed by atoms with E-state index in [2.05, 4.69) is 26.3 Å².